The summed E-state index contributed by atoms with van der Waals surface area (Å²) in [5.41, 5.74) is 12.7. The second-order valence-electron chi connectivity index (χ2n) is 11.5. The van der Waals surface area contributed by atoms with Crippen molar-refractivity contribution < 1.29 is 0 Å². The molecule has 36 heavy (non-hydrogen) atoms. The molecule has 0 amide bonds. The number of hydrogen-bond acceptors (Lipinski definition) is 0. The van der Waals surface area contributed by atoms with Crippen LogP contribution in [0.3, 0.4) is 0 Å². The number of rotatable bonds is 1. The van der Waals surface area contributed by atoms with Crippen LogP contribution in [0.1, 0.15) is 72.6 Å². The summed E-state index contributed by atoms with van der Waals surface area (Å²) >= 11 is 3.81. The molecule has 0 aromatic heterocycles. The van der Waals surface area contributed by atoms with Gasteiger partial charge in [-0.2, -0.15) is 0 Å². The Labute approximate surface area is 222 Å². The maximum Gasteiger partial charge on any atom is 0.0352 e. The Morgan fingerprint density at radius 3 is 1.97 bits per heavy atom. The Bertz CT molecular complexity index is 1700. The van der Waals surface area contributed by atoms with Crippen molar-refractivity contribution in [1.82, 2.24) is 0 Å². The predicted molar refractivity (Wildman–Crippen MR) is 155 cm³/mol. The minimum Gasteiger partial charge on any atom is -0.0619 e. The quantitative estimate of drug-likeness (QED) is 0.203. The molecule has 0 aliphatic heterocycles. The topological polar surface area (TPSA) is 0 Å². The van der Waals surface area contributed by atoms with Crippen LogP contribution in [-0.2, 0) is 10.8 Å². The van der Waals surface area contributed by atoms with Gasteiger partial charge >= 0.3 is 0 Å². The first kappa shape index (κ1) is 22.1. The van der Waals surface area contributed by atoms with Gasteiger partial charge in [0.1, 0.15) is 0 Å². The molecule has 1 heteroatoms. The van der Waals surface area contributed by atoms with Crippen molar-refractivity contribution in [3.05, 3.63) is 140 Å². The monoisotopic (exact) mass is 528 g/mol. The maximum absolute atomic E-state index is 3.81. The zero-order chi connectivity index (χ0) is 24.8. The molecule has 2 aliphatic rings. The van der Waals surface area contributed by atoms with Crippen molar-refractivity contribution in [3.63, 3.8) is 0 Å². The van der Waals surface area contributed by atoms with Crippen molar-refractivity contribution in [2.45, 2.75) is 44.4 Å². The average molecular weight is 530 g/mol. The Balaban J connectivity index is 1.59. The average Bonchev–Trinajstić information content (AvgIpc) is 3.10. The third-order valence-corrected chi connectivity index (χ3v) is 9.59. The summed E-state index contributed by atoms with van der Waals surface area (Å²) in [6.45, 7) is 9.57. The third kappa shape index (κ3) is 2.81. The fourth-order valence-corrected chi connectivity index (χ4v) is 7.56. The van der Waals surface area contributed by atoms with Gasteiger partial charge in [0.2, 0.25) is 0 Å². The lowest BCUT2D eigenvalue weighted by atomic mass is 9.62. The summed E-state index contributed by atoms with van der Waals surface area (Å²) in [7, 11) is 0. The molecule has 1 atom stereocenters. The van der Waals surface area contributed by atoms with Crippen LogP contribution in [0.2, 0.25) is 0 Å². The minimum atomic E-state index is -0.0791. The number of benzene rings is 5. The van der Waals surface area contributed by atoms with E-state index in [0.717, 1.165) is 4.47 Å². The fourth-order valence-electron chi connectivity index (χ4n) is 7.06. The molecular weight excluding hydrogens is 500 g/mol. The fraction of sp³-hybridized carbons (Fsp3) is 0.200. The van der Waals surface area contributed by atoms with Crippen LogP contribution in [-0.4, -0.2) is 0 Å². The van der Waals surface area contributed by atoms with E-state index < -0.39 is 0 Å². The van der Waals surface area contributed by atoms with E-state index in [1.54, 1.807) is 0 Å². The first-order chi connectivity index (χ1) is 17.3. The Morgan fingerprint density at radius 1 is 0.500 bits per heavy atom. The van der Waals surface area contributed by atoms with Gasteiger partial charge in [0.15, 0.2) is 0 Å². The molecule has 0 saturated carbocycles. The van der Waals surface area contributed by atoms with Gasteiger partial charge in [-0.1, -0.05) is 129 Å². The number of fused-ring (bicyclic) bond motifs is 6. The Morgan fingerprint density at radius 2 is 1.14 bits per heavy atom. The summed E-state index contributed by atoms with van der Waals surface area (Å²) in [5.74, 6) is 0.187. The van der Waals surface area contributed by atoms with Gasteiger partial charge in [0, 0.05) is 21.2 Å². The van der Waals surface area contributed by atoms with Crippen LogP contribution in [0, 0.1) is 0 Å². The van der Waals surface area contributed by atoms with Gasteiger partial charge in [0.05, 0.1) is 0 Å². The predicted octanol–water partition coefficient (Wildman–Crippen LogP) is 9.73. The zero-order valence-electron chi connectivity index (χ0n) is 21.2. The highest BCUT2D eigenvalue weighted by Gasteiger charge is 2.42. The lowest BCUT2D eigenvalue weighted by Gasteiger charge is -2.41. The standard InChI is InChI=1S/C35H29Br/c1-34(2)28-16-7-5-11-22(28)26-19-31-27(20-30(26)34)33(25-12-6-8-17-29(25)35(31,3)4)24-15-9-14-23-21(24)13-10-18-32(23)36/h5-20,33H,1-4H3. The largest absolute Gasteiger partial charge is 0.0619 e. The maximum atomic E-state index is 3.81. The SMILES string of the molecule is CC1(C)c2ccccc2-c2cc3c(cc21)C(c1cccc2c(Br)cccc12)c1ccccc1C3(C)C. The van der Waals surface area contributed by atoms with Crippen LogP contribution in [0.5, 0.6) is 0 Å². The summed E-state index contributed by atoms with van der Waals surface area (Å²) in [4.78, 5) is 0. The summed E-state index contributed by atoms with van der Waals surface area (Å²) in [5, 5.41) is 2.59. The van der Waals surface area contributed by atoms with E-state index in [2.05, 4.69) is 141 Å². The van der Waals surface area contributed by atoms with Crippen LogP contribution >= 0.6 is 15.9 Å². The Hall–Kier alpha value is -3.16. The van der Waals surface area contributed by atoms with Crippen LogP contribution in [0.15, 0.2) is 102 Å². The third-order valence-electron chi connectivity index (χ3n) is 8.90. The summed E-state index contributed by atoms with van der Waals surface area (Å²) in [6.07, 6.45) is 0. The molecule has 0 heterocycles. The molecule has 0 N–H and O–H groups in total. The highest BCUT2D eigenvalue weighted by atomic mass is 79.9. The minimum absolute atomic E-state index is 0.0194. The van der Waals surface area contributed by atoms with E-state index in [1.165, 1.54) is 60.8 Å². The molecule has 0 saturated heterocycles. The van der Waals surface area contributed by atoms with Crippen molar-refractivity contribution in [2.75, 3.05) is 0 Å². The molecule has 0 spiro atoms. The molecule has 0 bridgehead atoms. The molecule has 1 unspecified atom stereocenters. The zero-order valence-corrected chi connectivity index (χ0v) is 22.8. The van der Waals surface area contributed by atoms with Crippen molar-refractivity contribution in [3.8, 4) is 11.1 Å². The van der Waals surface area contributed by atoms with E-state index in [1.807, 2.05) is 0 Å². The van der Waals surface area contributed by atoms with E-state index in [4.69, 9.17) is 0 Å². The van der Waals surface area contributed by atoms with Gasteiger partial charge in [-0.15, -0.1) is 0 Å². The Kier molecular flexibility index (Phi) is 4.56. The van der Waals surface area contributed by atoms with Gasteiger partial charge in [-0.3, -0.25) is 0 Å². The highest BCUT2D eigenvalue weighted by Crippen LogP contribution is 2.56. The van der Waals surface area contributed by atoms with Crippen LogP contribution in [0.4, 0.5) is 0 Å². The lowest BCUT2D eigenvalue weighted by molar-refractivity contribution is 0.594. The number of halogens is 1. The van der Waals surface area contributed by atoms with Gasteiger partial charge in [0.25, 0.3) is 0 Å². The van der Waals surface area contributed by atoms with Crippen molar-refractivity contribution in [2.24, 2.45) is 0 Å². The van der Waals surface area contributed by atoms with E-state index in [9.17, 15) is 0 Å². The van der Waals surface area contributed by atoms with Crippen LogP contribution in [0.25, 0.3) is 21.9 Å². The van der Waals surface area contributed by atoms with Gasteiger partial charge in [-0.25, -0.2) is 0 Å². The first-order valence-corrected chi connectivity index (χ1v) is 13.6. The van der Waals surface area contributed by atoms with Gasteiger partial charge in [-0.05, 0) is 73.0 Å². The second kappa shape index (κ2) is 7.43. The van der Waals surface area contributed by atoms with Crippen LogP contribution < -0.4 is 0 Å². The molecule has 0 nitrogen and oxygen atoms in total. The van der Waals surface area contributed by atoms with E-state index in [0.29, 0.717) is 0 Å². The molecule has 5 aromatic rings. The summed E-state index contributed by atoms with van der Waals surface area (Å²) < 4.78 is 1.15. The summed E-state index contributed by atoms with van der Waals surface area (Å²) in [6, 6.07) is 36.6. The molecule has 0 fully saturated rings. The van der Waals surface area contributed by atoms with E-state index in [-0.39, 0.29) is 16.7 Å². The highest BCUT2D eigenvalue weighted by molar-refractivity contribution is 9.10. The molecule has 0 radical (unpaired) electrons. The normalized spacial score (nSPS) is 18.3. The smallest absolute Gasteiger partial charge is 0.0352 e. The number of hydrogen-bond donors (Lipinski definition) is 0. The molecule has 176 valence electrons. The first-order valence-electron chi connectivity index (χ1n) is 12.9. The molecular formula is C35H29Br. The molecule has 7 rings (SSSR count). The molecule has 2 aliphatic carbocycles. The molecule has 5 aromatic carbocycles. The lowest BCUT2D eigenvalue weighted by Crippen LogP contribution is -2.30. The van der Waals surface area contributed by atoms with Gasteiger partial charge < -0.3 is 0 Å². The van der Waals surface area contributed by atoms with E-state index >= 15 is 0 Å². The van der Waals surface area contributed by atoms with Crippen molar-refractivity contribution in [1.29, 1.82) is 0 Å². The van der Waals surface area contributed by atoms with Crippen molar-refractivity contribution >= 4 is 26.7 Å². The second-order valence-corrected chi connectivity index (χ2v) is 12.3.